The van der Waals surface area contributed by atoms with Crippen molar-refractivity contribution in [2.24, 2.45) is 0 Å². The maximum Gasteiger partial charge on any atom is 0.246 e. The van der Waals surface area contributed by atoms with E-state index in [1.807, 2.05) is 0 Å². The van der Waals surface area contributed by atoms with E-state index in [9.17, 15) is 4.79 Å². The van der Waals surface area contributed by atoms with E-state index in [1.54, 1.807) is 16.0 Å². The lowest BCUT2D eigenvalue weighted by Gasteiger charge is -2.12. The number of aromatic nitrogens is 3. The van der Waals surface area contributed by atoms with Crippen molar-refractivity contribution in [1.29, 1.82) is 0 Å². The summed E-state index contributed by atoms with van der Waals surface area (Å²) in [5.41, 5.74) is 2.48. The Labute approximate surface area is 108 Å². The molecule has 92 valence electrons. The highest BCUT2D eigenvalue weighted by molar-refractivity contribution is 7.17. The van der Waals surface area contributed by atoms with Crippen LogP contribution in [0.25, 0.3) is 11.4 Å². The van der Waals surface area contributed by atoms with Gasteiger partial charge in [0.1, 0.15) is 17.9 Å². The smallest absolute Gasteiger partial charge is 0.246 e. The van der Waals surface area contributed by atoms with Gasteiger partial charge in [-0.25, -0.2) is 9.67 Å². The van der Waals surface area contributed by atoms with Crippen molar-refractivity contribution >= 4 is 22.2 Å². The van der Waals surface area contributed by atoms with E-state index in [4.69, 9.17) is 0 Å². The lowest BCUT2D eigenvalue weighted by Crippen LogP contribution is -2.16. The van der Waals surface area contributed by atoms with Gasteiger partial charge in [-0.2, -0.15) is 5.10 Å². The first-order valence-electron chi connectivity index (χ1n) is 6.15. The molecule has 0 saturated carbocycles. The standard InChI is InChI=1S/C12H12N4OS/c17-9-5-16-11(13-6-14-16)10-7-3-1-2-4-8(7)18-12(10)15-9/h6H,1-5H2,(H,15,17). The van der Waals surface area contributed by atoms with Crippen LogP contribution in [0.15, 0.2) is 6.33 Å². The Balaban J connectivity index is 2.00. The third-order valence-corrected chi connectivity index (χ3v) is 4.76. The minimum absolute atomic E-state index is 0.0147. The van der Waals surface area contributed by atoms with Crippen molar-refractivity contribution in [3.63, 3.8) is 0 Å². The van der Waals surface area contributed by atoms with Crippen LogP contribution in [0.3, 0.4) is 0 Å². The molecule has 3 heterocycles. The predicted octanol–water partition coefficient (Wildman–Crippen LogP) is 1.84. The fraction of sp³-hybridized carbons (Fsp3) is 0.417. The number of rotatable bonds is 0. The van der Waals surface area contributed by atoms with E-state index in [2.05, 4.69) is 15.4 Å². The van der Waals surface area contributed by atoms with E-state index in [0.717, 1.165) is 29.2 Å². The number of amides is 1. The second-order valence-electron chi connectivity index (χ2n) is 4.70. The normalized spacial score (nSPS) is 17.4. The third-order valence-electron chi connectivity index (χ3n) is 3.56. The summed E-state index contributed by atoms with van der Waals surface area (Å²) in [7, 11) is 0. The van der Waals surface area contributed by atoms with E-state index >= 15 is 0 Å². The maximum absolute atomic E-state index is 11.8. The summed E-state index contributed by atoms with van der Waals surface area (Å²) in [6.45, 7) is 0.255. The molecule has 5 nitrogen and oxygen atoms in total. The molecule has 18 heavy (non-hydrogen) atoms. The molecular formula is C12H12N4OS. The Kier molecular flexibility index (Phi) is 2.08. The van der Waals surface area contributed by atoms with E-state index < -0.39 is 0 Å². The molecule has 0 saturated heterocycles. The van der Waals surface area contributed by atoms with Gasteiger partial charge in [0.05, 0.1) is 5.56 Å². The number of nitrogens with zero attached hydrogens (tertiary/aromatic N) is 3. The highest BCUT2D eigenvalue weighted by Crippen LogP contribution is 2.44. The molecule has 1 aliphatic heterocycles. The van der Waals surface area contributed by atoms with Gasteiger partial charge in [0.25, 0.3) is 0 Å². The fourth-order valence-corrected chi connectivity index (χ4v) is 4.07. The maximum atomic E-state index is 11.8. The molecule has 2 aromatic heterocycles. The number of carbonyl (C=O) groups excluding carboxylic acids is 1. The quantitative estimate of drug-likeness (QED) is 0.786. The zero-order valence-electron chi connectivity index (χ0n) is 9.77. The second kappa shape index (κ2) is 3.65. The molecule has 0 fully saturated rings. The van der Waals surface area contributed by atoms with Crippen LogP contribution < -0.4 is 5.32 Å². The Morgan fingerprint density at radius 3 is 3.17 bits per heavy atom. The zero-order chi connectivity index (χ0) is 12.1. The van der Waals surface area contributed by atoms with Crippen molar-refractivity contribution in [2.45, 2.75) is 32.2 Å². The van der Waals surface area contributed by atoms with Gasteiger partial charge in [0.2, 0.25) is 5.91 Å². The highest BCUT2D eigenvalue weighted by Gasteiger charge is 2.28. The van der Waals surface area contributed by atoms with Gasteiger partial charge < -0.3 is 5.32 Å². The van der Waals surface area contributed by atoms with Crippen LogP contribution >= 0.6 is 11.3 Å². The molecule has 0 unspecified atom stereocenters. The topological polar surface area (TPSA) is 59.8 Å². The lowest BCUT2D eigenvalue weighted by atomic mass is 9.95. The average Bonchev–Trinajstić information content (AvgIpc) is 2.90. The summed E-state index contributed by atoms with van der Waals surface area (Å²) in [4.78, 5) is 17.6. The van der Waals surface area contributed by atoms with Crippen molar-refractivity contribution < 1.29 is 4.79 Å². The van der Waals surface area contributed by atoms with Gasteiger partial charge in [-0.15, -0.1) is 11.3 Å². The molecule has 2 aromatic rings. The number of anilines is 1. The molecule has 0 aromatic carbocycles. The van der Waals surface area contributed by atoms with Crippen LogP contribution in [0.4, 0.5) is 5.00 Å². The molecule has 1 aliphatic carbocycles. The molecule has 6 heteroatoms. The molecule has 4 rings (SSSR count). The first-order valence-corrected chi connectivity index (χ1v) is 6.97. The van der Waals surface area contributed by atoms with Gasteiger partial charge >= 0.3 is 0 Å². The summed E-state index contributed by atoms with van der Waals surface area (Å²) in [6, 6.07) is 0. The summed E-state index contributed by atoms with van der Waals surface area (Å²) in [6.07, 6.45) is 6.21. The van der Waals surface area contributed by atoms with Crippen molar-refractivity contribution in [1.82, 2.24) is 14.8 Å². The molecule has 1 amide bonds. The highest BCUT2D eigenvalue weighted by atomic mass is 32.1. The summed E-state index contributed by atoms with van der Waals surface area (Å²) < 4.78 is 1.70. The molecular weight excluding hydrogens is 248 g/mol. The SMILES string of the molecule is O=C1Cn2ncnc2-c2c(sc3c2CCCC3)N1. The fourth-order valence-electron chi connectivity index (χ4n) is 2.77. The Morgan fingerprint density at radius 2 is 2.22 bits per heavy atom. The number of aryl methyl sites for hydroxylation is 1. The van der Waals surface area contributed by atoms with Crippen LogP contribution in [0.1, 0.15) is 23.3 Å². The number of hydrogen-bond donors (Lipinski definition) is 1. The van der Waals surface area contributed by atoms with E-state index in [1.165, 1.54) is 29.6 Å². The zero-order valence-corrected chi connectivity index (χ0v) is 10.6. The van der Waals surface area contributed by atoms with Crippen LogP contribution in [0.5, 0.6) is 0 Å². The minimum atomic E-state index is -0.0147. The average molecular weight is 260 g/mol. The Morgan fingerprint density at radius 1 is 1.33 bits per heavy atom. The van der Waals surface area contributed by atoms with Gasteiger partial charge in [-0.05, 0) is 31.2 Å². The molecule has 0 bridgehead atoms. The van der Waals surface area contributed by atoms with E-state index in [-0.39, 0.29) is 12.5 Å². The Bertz CT molecular complexity index is 643. The number of fused-ring (bicyclic) bond motifs is 5. The van der Waals surface area contributed by atoms with Crippen LogP contribution in [-0.4, -0.2) is 20.7 Å². The number of thiophene rings is 1. The molecule has 1 N–H and O–H groups in total. The van der Waals surface area contributed by atoms with Crippen LogP contribution in [-0.2, 0) is 24.2 Å². The minimum Gasteiger partial charge on any atom is -0.315 e. The number of hydrogen-bond acceptors (Lipinski definition) is 4. The van der Waals surface area contributed by atoms with Gasteiger partial charge in [0, 0.05) is 4.88 Å². The summed E-state index contributed by atoms with van der Waals surface area (Å²) >= 11 is 1.71. The summed E-state index contributed by atoms with van der Waals surface area (Å²) in [5.74, 6) is 0.821. The second-order valence-corrected chi connectivity index (χ2v) is 5.81. The van der Waals surface area contributed by atoms with E-state index in [0.29, 0.717) is 0 Å². The van der Waals surface area contributed by atoms with Gasteiger partial charge in [0.15, 0.2) is 5.82 Å². The third kappa shape index (κ3) is 1.35. The van der Waals surface area contributed by atoms with Crippen molar-refractivity contribution in [3.8, 4) is 11.4 Å². The number of carbonyl (C=O) groups is 1. The number of nitrogens with one attached hydrogen (secondary N) is 1. The first kappa shape index (κ1) is 10.3. The van der Waals surface area contributed by atoms with Crippen molar-refractivity contribution in [2.75, 3.05) is 5.32 Å². The molecule has 2 aliphatic rings. The predicted molar refractivity (Wildman–Crippen MR) is 68.6 cm³/mol. The summed E-state index contributed by atoms with van der Waals surface area (Å²) in [5, 5.41) is 8.09. The van der Waals surface area contributed by atoms with Gasteiger partial charge in [-0.3, -0.25) is 4.79 Å². The van der Waals surface area contributed by atoms with Crippen LogP contribution in [0.2, 0.25) is 0 Å². The van der Waals surface area contributed by atoms with Crippen LogP contribution in [0, 0.1) is 0 Å². The first-order chi connectivity index (χ1) is 8.83. The van der Waals surface area contributed by atoms with Crippen molar-refractivity contribution in [3.05, 3.63) is 16.8 Å². The molecule has 0 radical (unpaired) electrons. The lowest BCUT2D eigenvalue weighted by molar-refractivity contribution is -0.116. The monoisotopic (exact) mass is 260 g/mol. The molecule has 0 atom stereocenters. The molecule has 0 spiro atoms. The van der Waals surface area contributed by atoms with Gasteiger partial charge in [-0.1, -0.05) is 0 Å². The largest absolute Gasteiger partial charge is 0.315 e. The Hall–Kier alpha value is -1.69.